The molecule has 1 unspecified atom stereocenters. The highest BCUT2D eigenvalue weighted by Crippen LogP contribution is 2.41. The zero-order chi connectivity index (χ0) is 16.9. The second kappa shape index (κ2) is 7.11. The molecule has 0 fully saturated rings. The fourth-order valence-corrected chi connectivity index (χ4v) is 3.16. The Morgan fingerprint density at radius 3 is 1.78 bits per heavy atom. The average Bonchev–Trinajstić information content (AvgIpc) is 2.60. The van der Waals surface area contributed by atoms with Gasteiger partial charge in [-0.25, -0.2) is 0 Å². The Balaban J connectivity index is 2.74. The maximum Gasteiger partial charge on any atom is 0.227 e. The van der Waals surface area contributed by atoms with E-state index in [1.54, 1.807) is 19.0 Å². The molecule has 2 aromatic carbocycles. The maximum atomic E-state index is 12.8. The molecule has 0 saturated carbocycles. The van der Waals surface area contributed by atoms with Crippen LogP contribution in [0.4, 0.5) is 0 Å². The molecule has 0 aliphatic carbocycles. The first-order valence-electron chi connectivity index (χ1n) is 7.81. The van der Waals surface area contributed by atoms with Crippen LogP contribution in [0.2, 0.25) is 0 Å². The number of carbonyl (C=O) groups is 1. The molecule has 0 N–H and O–H groups in total. The van der Waals surface area contributed by atoms with Gasteiger partial charge >= 0.3 is 0 Å². The van der Waals surface area contributed by atoms with Crippen LogP contribution in [-0.2, 0) is 10.2 Å². The predicted octanol–water partition coefficient (Wildman–Crippen LogP) is 3.61. The van der Waals surface area contributed by atoms with E-state index in [-0.39, 0.29) is 5.91 Å². The summed E-state index contributed by atoms with van der Waals surface area (Å²) in [7, 11) is 3.48. The second-order valence-electron chi connectivity index (χ2n) is 5.85. The normalized spacial score (nSPS) is 12.3. The number of benzene rings is 2. The van der Waals surface area contributed by atoms with E-state index in [9.17, 15) is 10.1 Å². The van der Waals surface area contributed by atoms with Gasteiger partial charge in [0.2, 0.25) is 5.91 Å². The Kier molecular flexibility index (Phi) is 5.18. The number of nitrogens with zero attached hydrogens (tertiary/aromatic N) is 2. The molecule has 0 aliphatic heterocycles. The lowest BCUT2D eigenvalue weighted by atomic mass is 9.65. The molecule has 23 heavy (non-hydrogen) atoms. The van der Waals surface area contributed by atoms with E-state index in [1.165, 1.54) is 0 Å². The molecule has 2 rings (SSSR count). The van der Waals surface area contributed by atoms with E-state index >= 15 is 0 Å². The lowest BCUT2D eigenvalue weighted by molar-refractivity contribution is -0.134. The zero-order valence-electron chi connectivity index (χ0n) is 13.9. The first-order valence-corrected chi connectivity index (χ1v) is 7.81. The van der Waals surface area contributed by atoms with E-state index < -0.39 is 11.3 Å². The topological polar surface area (TPSA) is 44.1 Å². The number of rotatable bonds is 5. The van der Waals surface area contributed by atoms with Crippen LogP contribution in [0.15, 0.2) is 60.7 Å². The zero-order valence-corrected chi connectivity index (χ0v) is 13.9. The van der Waals surface area contributed by atoms with Crippen molar-refractivity contribution in [3.05, 3.63) is 71.8 Å². The molecular weight excluding hydrogens is 284 g/mol. The van der Waals surface area contributed by atoms with Crippen molar-refractivity contribution in [2.75, 3.05) is 14.1 Å². The molecule has 1 amide bonds. The fraction of sp³-hybridized carbons (Fsp3) is 0.300. The highest BCUT2D eigenvalue weighted by molar-refractivity contribution is 5.82. The molecule has 0 heterocycles. The molecule has 2 aromatic rings. The second-order valence-corrected chi connectivity index (χ2v) is 5.85. The SMILES string of the molecule is CCC(C(=O)N(C)C)C(C#N)(c1ccccc1)c1ccccc1. The third-order valence-electron chi connectivity index (χ3n) is 4.30. The summed E-state index contributed by atoms with van der Waals surface area (Å²) in [4.78, 5) is 14.4. The highest BCUT2D eigenvalue weighted by Gasteiger charge is 2.46. The van der Waals surface area contributed by atoms with Crippen molar-refractivity contribution in [3.63, 3.8) is 0 Å². The summed E-state index contributed by atoms with van der Waals surface area (Å²) in [6.45, 7) is 1.96. The van der Waals surface area contributed by atoms with E-state index in [1.807, 2.05) is 67.6 Å². The Labute approximate surface area is 138 Å². The van der Waals surface area contributed by atoms with Gasteiger partial charge in [-0.1, -0.05) is 67.6 Å². The van der Waals surface area contributed by atoms with Crippen LogP contribution in [0.1, 0.15) is 24.5 Å². The van der Waals surface area contributed by atoms with Crippen LogP contribution in [0.25, 0.3) is 0 Å². The van der Waals surface area contributed by atoms with E-state index in [2.05, 4.69) is 6.07 Å². The fourth-order valence-electron chi connectivity index (χ4n) is 3.16. The summed E-state index contributed by atoms with van der Waals surface area (Å²) in [6, 6.07) is 21.7. The molecule has 3 heteroatoms. The van der Waals surface area contributed by atoms with Crippen LogP contribution < -0.4 is 0 Å². The Morgan fingerprint density at radius 1 is 1.04 bits per heavy atom. The lowest BCUT2D eigenvalue weighted by Gasteiger charge is -2.36. The molecule has 0 spiro atoms. The molecule has 118 valence electrons. The van der Waals surface area contributed by atoms with Gasteiger partial charge in [0.1, 0.15) is 5.41 Å². The van der Waals surface area contributed by atoms with Crippen molar-refractivity contribution in [1.29, 1.82) is 5.26 Å². The van der Waals surface area contributed by atoms with E-state index in [4.69, 9.17) is 0 Å². The number of nitriles is 1. The molecule has 0 aliphatic rings. The molecule has 0 aromatic heterocycles. The van der Waals surface area contributed by atoms with Crippen LogP contribution in [0, 0.1) is 17.2 Å². The summed E-state index contributed by atoms with van der Waals surface area (Å²) in [5.74, 6) is -0.464. The highest BCUT2D eigenvalue weighted by atomic mass is 16.2. The molecule has 3 nitrogen and oxygen atoms in total. The van der Waals surface area contributed by atoms with Gasteiger partial charge in [0.25, 0.3) is 0 Å². The lowest BCUT2D eigenvalue weighted by Crippen LogP contribution is -2.44. The van der Waals surface area contributed by atoms with Crippen LogP contribution >= 0.6 is 0 Å². The minimum atomic E-state index is -0.987. The molecule has 0 bridgehead atoms. The van der Waals surface area contributed by atoms with Crippen LogP contribution in [0.3, 0.4) is 0 Å². The summed E-state index contributed by atoms with van der Waals surface area (Å²) in [6.07, 6.45) is 0.592. The molecule has 0 radical (unpaired) electrons. The third kappa shape index (κ3) is 2.98. The van der Waals surface area contributed by atoms with Gasteiger partial charge in [0.05, 0.1) is 12.0 Å². The number of amides is 1. The summed E-state index contributed by atoms with van der Waals surface area (Å²) in [5.41, 5.74) is 0.727. The number of hydrogen-bond acceptors (Lipinski definition) is 2. The summed E-state index contributed by atoms with van der Waals surface area (Å²) >= 11 is 0. The van der Waals surface area contributed by atoms with Gasteiger partial charge in [0, 0.05) is 14.1 Å². The first-order chi connectivity index (χ1) is 11.1. The predicted molar refractivity (Wildman–Crippen MR) is 91.8 cm³/mol. The number of hydrogen-bond donors (Lipinski definition) is 0. The average molecular weight is 306 g/mol. The summed E-state index contributed by atoms with van der Waals surface area (Å²) < 4.78 is 0. The van der Waals surface area contributed by atoms with Gasteiger partial charge in [-0.05, 0) is 17.5 Å². The van der Waals surface area contributed by atoms with Crippen molar-refractivity contribution in [2.24, 2.45) is 5.92 Å². The van der Waals surface area contributed by atoms with Crippen molar-refractivity contribution < 1.29 is 4.79 Å². The maximum absolute atomic E-state index is 12.8. The van der Waals surface area contributed by atoms with Crippen molar-refractivity contribution in [2.45, 2.75) is 18.8 Å². The summed E-state index contributed by atoms with van der Waals surface area (Å²) in [5, 5.41) is 10.2. The third-order valence-corrected chi connectivity index (χ3v) is 4.30. The van der Waals surface area contributed by atoms with Gasteiger partial charge in [-0.2, -0.15) is 5.26 Å². The minimum absolute atomic E-state index is 0.0262. The Bertz CT molecular complexity index is 647. The molecule has 0 saturated heterocycles. The standard InChI is InChI=1S/C20H22N2O/c1-4-18(19(23)22(2)3)20(15-21,16-11-7-5-8-12-16)17-13-9-6-10-14-17/h5-14,18H,4H2,1-3H3. The quantitative estimate of drug-likeness (QED) is 0.847. The molecular formula is C20H22N2O. The largest absolute Gasteiger partial charge is 0.349 e. The molecule has 1 atom stereocenters. The van der Waals surface area contributed by atoms with Gasteiger partial charge in [0.15, 0.2) is 0 Å². The van der Waals surface area contributed by atoms with Crippen molar-refractivity contribution in [3.8, 4) is 6.07 Å². The first kappa shape index (κ1) is 16.8. The van der Waals surface area contributed by atoms with Crippen molar-refractivity contribution in [1.82, 2.24) is 4.90 Å². The Morgan fingerprint density at radius 2 is 1.48 bits per heavy atom. The van der Waals surface area contributed by atoms with E-state index in [0.29, 0.717) is 6.42 Å². The smallest absolute Gasteiger partial charge is 0.227 e. The Hall–Kier alpha value is -2.60. The monoisotopic (exact) mass is 306 g/mol. The van der Waals surface area contributed by atoms with E-state index in [0.717, 1.165) is 11.1 Å². The van der Waals surface area contributed by atoms with Gasteiger partial charge in [-0.3, -0.25) is 4.79 Å². The van der Waals surface area contributed by atoms with Gasteiger partial charge in [-0.15, -0.1) is 0 Å². The van der Waals surface area contributed by atoms with Gasteiger partial charge < -0.3 is 4.90 Å². The minimum Gasteiger partial charge on any atom is -0.349 e. The van der Waals surface area contributed by atoms with Crippen LogP contribution in [0.5, 0.6) is 0 Å². The van der Waals surface area contributed by atoms with Crippen molar-refractivity contribution >= 4 is 5.91 Å². The number of carbonyl (C=O) groups excluding carboxylic acids is 1. The van der Waals surface area contributed by atoms with Crippen LogP contribution in [-0.4, -0.2) is 24.9 Å².